The van der Waals surface area contributed by atoms with E-state index in [-0.39, 0.29) is 17.9 Å². The van der Waals surface area contributed by atoms with Gasteiger partial charge in [0.2, 0.25) is 5.91 Å². The van der Waals surface area contributed by atoms with E-state index in [2.05, 4.69) is 42.3 Å². The Labute approximate surface area is 167 Å². The lowest BCUT2D eigenvalue weighted by molar-refractivity contribution is -0.123. The number of rotatable bonds is 5. The van der Waals surface area contributed by atoms with Gasteiger partial charge in [-0.15, -0.1) is 0 Å². The molecule has 1 N–H and O–H groups in total. The van der Waals surface area contributed by atoms with Crippen LogP contribution in [0.2, 0.25) is 0 Å². The van der Waals surface area contributed by atoms with Crippen LogP contribution in [-0.4, -0.2) is 54.3 Å². The first-order valence-corrected chi connectivity index (χ1v) is 9.87. The summed E-state index contributed by atoms with van der Waals surface area (Å²) in [5, 5.41) is 3.09. The van der Waals surface area contributed by atoms with E-state index in [9.17, 15) is 9.59 Å². The van der Waals surface area contributed by atoms with Crippen LogP contribution in [0.15, 0.2) is 48.5 Å². The lowest BCUT2D eigenvalue weighted by atomic mass is 10.0. The summed E-state index contributed by atoms with van der Waals surface area (Å²) in [7, 11) is 0. The van der Waals surface area contributed by atoms with Crippen molar-refractivity contribution in [1.29, 1.82) is 0 Å². The first kappa shape index (κ1) is 20.1. The van der Waals surface area contributed by atoms with Gasteiger partial charge in [0.1, 0.15) is 0 Å². The van der Waals surface area contributed by atoms with E-state index in [1.165, 1.54) is 11.1 Å². The number of carbonyl (C=O) groups is 2. The molecule has 1 aliphatic rings. The second-order valence-electron chi connectivity index (χ2n) is 7.57. The molecule has 28 heavy (non-hydrogen) atoms. The molecule has 2 aromatic rings. The normalized spacial score (nSPS) is 15.9. The fourth-order valence-electron chi connectivity index (χ4n) is 3.48. The molecule has 148 valence electrons. The number of nitrogens with one attached hydrogen (secondary N) is 1. The Morgan fingerprint density at radius 1 is 0.964 bits per heavy atom. The molecular formula is C23H29N3O2. The van der Waals surface area contributed by atoms with E-state index in [4.69, 9.17) is 0 Å². The molecule has 1 fully saturated rings. The zero-order chi connectivity index (χ0) is 20.1. The van der Waals surface area contributed by atoms with E-state index >= 15 is 0 Å². The van der Waals surface area contributed by atoms with Gasteiger partial charge >= 0.3 is 0 Å². The van der Waals surface area contributed by atoms with Crippen LogP contribution in [0, 0.1) is 13.8 Å². The molecule has 2 amide bonds. The van der Waals surface area contributed by atoms with E-state index in [0.29, 0.717) is 32.7 Å². The molecule has 5 heteroatoms. The Morgan fingerprint density at radius 2 is 1.64 bits per heavy atom. The summed E-state index contributed by atoms with van der Waals surface area (Å²) in [5.74, 6) is 0.0848. The number of benzene rings is 2. The largest absolute Gasteiger partial charge is 0.348 e. The minimum Gasteiger partial charge on any atom is -0.348 e. The van der Waals surface area contributed by atoms with Crippen molar-refractivity contribution in [2.75, 3.05) is 32.7 Å². The van der Waals surface area contributed by atoms with Crippen LogP contribution < -0.4 is 5.32 Å². The van der Waals surface area contributed by atoms with Crippen molar-refractivity contribution in [2.45, 2.75) is 26.8 Å². The first-order valence-electron chi connectivity index (χ1n) is 9.87. The zero-order valence-electron chi connectivity index (χ0n) is 16.9. The molecule has 0 saturated carbocycles. The molecular weight excluding hydrogens is 350 g/mol. The van der Waals surface area contributed by atoms with Gasteiger partial charge in [-0.2, -0.15) is 0 Å². The number of amides is 2. The van der Waals surface area contributed by atoms with E-state index in [1.54, 1.807) is 0 Å². The molecule has 0 aliphatic carbocycles. The lowest BCUT2D eigenvalue weighted by Crippen LogP contribution is -2.51. The molecule has 0 unspecified atom stereocenters. The van der Waals surface area contributed by atoms with Gasteiger partial charge in [-0.05, 0) is 49.6 Å². The number of piperazine rings is 1. The fourth-order valence-corrected chi connectivity index (χ4v) is 3.48. The first-order chi connectivity index (χ1) is 13.4. The molecule has 2 aromatic carbocycles. The topological polar surface area (TPSA) is 52.7 Å². The Morgan fingerprint density at radius 3 is 2.29 bits per heavy atom. The molecule has 5 nitrogen and oxygen atoms in total. The van der Waals surface area contributed by atoms with Crippen molar-refractivity contribution in [2.24, 2.45) is 0 Å². The number of nitrogens with zero attached hydrogens (tertiary/aromatic N) is 2. The summed E-state index contributed by atoms with van der Waals surface area (Å²) < 4.78 is 0. The third-order valence-corrected chi connectivity index (χ3v) is 5.46. The molecule has 1 aliphatic heterocycles. The van der Waals surface area contributed by atoms with Gasteiger partial charge in [-0.25, -0.2) is 0 Å². The minimum atomic E-state index is -0.0206. The Hall–Kier alpha value is -2.66. The highest BCUT2D eigenvalue weighted by Crippen LogP contribution is 2.17. The second-order valence-corrected chi connectivity index (χ2v) is 7.57. The van der Waals surface area contributed by atoms with Crippen molar-refractivity contribution < 1.29 is 9.59 Å². The Bertz CT molecular complexity index is 827. The molecule has 3 rings (SSSR count). The quantitative estimate of drug-likeness (QED) is 0.869. The molecule has 1 atom stereocenters. The molecule has 1 saturated heterocycles. The van der Waals surface area contributed by atoms with E-state index in [1.807, 2.05) is 42.2 Å². The second kappa shape index (κ2) is 9.02. The van der Waals surface area contributed by atoms with Gasteiger partial charge in [-0.3, -0.25) is 14.5 Å². The molecule has 1 heterocycles. The third kappa shape index (κ3) is 4.98. The van der Waals surface area contributed by atoms with Crippen molar-refractivity contribution in [3.8, 4) is 0 Å². The Kier molecular flexibility index (Phi) is 6.47. The van der Waals surface area contributed by atoms with Gasteiger partial charge in [-0.1, -0.05) is 36.4 Å². The highest BCUT2D eigenvalue weighted by atomic mass is 16.2. The minimum absolute atomic E-state index is 0.0206. The maximum absolute atomic E-state index is 12.5. The summed E-state index contributed by atoms with van der Waals surface area (Å²) in [6.45, 7) is 9.27. The van der Waals surface area contributed by atoms with Crippen LogP contribution in [-0.2, 0) is 4.79 Å². The van der Waals surface area contributed by atoms with Crippen molar-refractivity contribution in [3.05, 3.63) is 70.8 Å². The summed E-state index contributed by atoms with van der Waals surface area (Å²) >= 11 is 0. The standard InChI is InChI=1S/C23H29N3O2/c1-17-9-10-21(15-18(17)2)19(3)24-22(27)16-25-11-13-26(14-12-25)23(28)20-7-5-4-6-8-20/h4-10,15,19H,11-14,16H2,1-3H3,(H,24,27)/t19-/m0/s1. The van der Waals surface area contributed by atoms with E-state index < -0.39 is 0 Å². The van der Waals surface area contributed by atoms with Gasteiger partial charge < -0.3 is 10.2 Å². The fraction of sp³-hybridized carbons (Fsp3) is 0.391. The number of carbonyl (C=O) groups excluding carboxylic acids is 2. The van der Waals surface area contributed by atoms with Gasteiger partial charge in [0, 0.05) is 31.7 Å². The molecule has 0 bridgehead atoms. The van der Waals surface area contributed by atoms with E-state index in [0.717, 1.165) is 11.1 Å². The summed E-state index contributed by atoms with van der Waals surface area (Å²) in [6.07, 6.45) is 0. The SMILES string of the molecule is Cc1ccc([C@H](C)NC(=O)CN2CCN(C(=O)c3ccccc3)CC2)cc1C. The summed E-state index contributed by atoms with van der Waals surface area (Å²) in [5.41, 5.74) is 4.33. The van der Waals surface area contributed by atoms with Crippen molar-refractivity contribution >= 4 is 11.8 Å². The van der Waals surface area contributed by atoms with Crippen LogP contribution in [0.4, 0.5) is 0 Å². The average molecular weight is 380 g/mol. The maximum Gasteiger partial charge on any atom is 0.253 e. The third-order valence-electron chi connectivity index (χ3n) is 5.46. The number of hydrogen-bond donors (Lipinski definition) is 1. The van der Waals surface area contributed by atoms with Crippen LogP contribution in [0.1, 0.15) is 40.0 Å². The smallest absolute Gasteiger partial charge is 0.253 e. The lowest BCUT2D eigenvalue weighted by Gasteiger charge is -2.34. The van der Waals surface area contributed by atoms with Crippen molar-refractivity contribution in [3.63, 3.8) is 0 Å². The van der Waals surface area contributed by atoms with Crippen LogP contribution in [0.25, 0.3) is 0 Å². The molecule has 0 spiro atoms. The van der Waals surface area contributed by atoms with Crippen LogP contribution in [0.5, 0.6) is 0 Å². The average Bonchev–Trinajstić information content (AvgIpc) is 2.70. The van der Waals surface area contributed by atoms with Crippen LogP contribution in [0.3, 0.4) is 0 Å². The van der Waals surface area contributed by atoms with Gasteiger partial charge in [0.25, 0.3) is 5.91 Å². The summed E-state index contributed by atoms with van der Waals surface area (Å²) in [6, 6.07) is 15.6. The zero-order valence-corrected chi connectivity index (χ0v) is 16.9. The highest BCUT2D eigenvalue weighted by molar-refractivity contribution is 5.94. The predicted octanol–water partition coefficient (Wildman–Crippen LogP) is 2.94. The molecule has 0 aromatic heterocycles. The van der Waals surface area contributed by atoms with Gasteiger partial charge in [0.05, 0.1) is 12.6 Å². The van der Waals surface area contributed by atoms with Crippen molar-refractivity contribution in [1.82, 2.24) is 15.1 Å². The van der Waals surface area contributed by atoms with Crippen LogP contribution >= 0.6 is 0 Å². The Balaban J connectivity index is 1.47. The monoisotopic (exact) mass is 379 g/mol. The predicted molar refractivity (Wildman–Crippen MR) is 111 cm³/mol. The number of hydrogen-bond acceptors (Lipinski definition) is 3. The summed E-state index contributed by atoms with van der Waals surface area (Å²) in [4.78, 5) is 28.9. The van der Waals surface area contributed by atoms with Gasteiger partial charge in [0.15, 0.2) is 0 Å². The number of aryl methyl sites for hydroxylation is 2. The molecule has 0 radical (unpaired) electrons. The maximum atomic E-state index is 12.5. The highest BCUT2D eigenvalue weighted by Gasteiger charge is 2.23.